The topological polar surface area (TPSA) is 87.7 Å². The van der Waals surface area contributed by atoms with E-state index in [1.807, 2.05) is 13.8 Å². The number of rotatable bonds is 9. The number of hydrogen-bond acceptors (Lipinski definition) is 3. The van der Waals surface area contributed by atoms with Crippen LogP contribution in [0.25, 0.3) is 0 Å². The molecule has 0 aromatic carbocycles. The second-order valence-corrected chi connectivity index (χ2v) is 5.32. The Balaban J connectivity index is 1.98. The number of carbonyl (C=O) groups excluding carboxylic acids is 1. The molecule has 0 atom stereocenters. The van der Waals surface area contributed by atoms with E-state index in [4.69, 9.17) is 9.84 Å². The van der Waals surface area contributed by atoms with Crippen LogP contribution in [0.1, 0.15) is 39.5 Å². The molecule has 19 heavy (non-hydrogen) atoms. The molecule has 1 aliphatic carbocycles. The largest absolute Gasteiger partial charge is 0.481 e. The van der Waals surface area contributed by atoms with Gasteiger partial charge in [0.2, 0.25) is 0 Å². The Morgan fingerprint density at radius 2 is 1.95 bits per heavy atom. The normalized spacial score (nSPS) is 16.2. The van der Waals surface area contributed by atoms with Crippen molar-refractivity contribution in [2.75, 3.05) is 19.7 Å². The lowest BCUT2D eigenvalue weighted by atomic mass is 10.1. The van der Waals surface area contributed by atoms with Gasteiger partial charge in [-0.3, -0.25) is 4.79 Å². The number of nitrogens with one attached hydrogen (secondary N) is 2. The van der Waals surface area contributed by atoms with Crippen molar-refractivity contribution >= 4 is 12.0 Å². The van der Waals surface area contributed by atoms with Gasteiger partial charge in [-0.15, -0.1) is 0 Å². The summed E-state index contributed by atoms with van der Waals surface area (Å²) in [4.78, 5) is 22.3. The van der Waals surface area contributed by atoms with Gasteiger partial charge in [-0.1, -0.05) is 0 Å². The summed E-state index contributed by atoms with van der Waals surface area (Å²) < 4.78 is 5.38. The second kappa shape index (κ2) is 7.33. The van der Waals surface area contributed by atoms with Crippen molar-refractivity contribution < 1.29 is 19.4 Å². The van der Waals surface area contributed by atoms with Gasteiger partial charge >= 0.3 is 12.0 Å². The summed E-state index contributed by atoms with van der Waals surface area (Å²) in [7, 11) is 0. The van der Waals surface area contributed by atoms with Crippen LogP contribution in [0.15, 0.2) is 0 Å². The minimum atomic E-state index is -0.821. The molecule has 1 aliphatic rings. The maximum absolute atomic E-state index is 11.4. The fourth-order valence-corrected chi connectivity index (χ4v) is 1.68. The monoisotopic (exact) mass is 272 g/mol. The predicted octanol–water partition coefficient (Wildman–Crippen LogP) is 1.36. The lowest BCUT2D eigenvalue weighted by molar-refractivity contribution is -0.143. The molecule has 1 rings (SSSR count). The van der Waals surface area contributed by atoms with Gasteiger partial charge in [0.05, 0.1) is 11.5 Å². The maximum atomic E-state index is 11.4. The lowest BCUT2D eigenvalue weighted by Crippen LogP contribution is -2.41. The third-order valence-corrected chi connectivity index (χ3v) is 3.20. The van der Waals surface area contributed by atoms with Gasteiger partial charge in [-0.2, -0.15) is 0 Å². The average molecular weight is 272 g/mol. The van der Waals surface area contributed by atoms with E-state index in [2.05, 4.69) is 10.6 Å². The van der Waals surface area contributed by atoms with E-state index in [1.165, 1.54) is 0 Å². The molecule has 3 N–H and O–H groups in total. The number of amides is 2. The smallest absolute Gasteiger partial charge is 0.314 e. The van der Waals surface area contributed by atoms with Gasteiger partial charge in [0.25, 0.3) is 0 Å². The second-order valence-electron chi connectivity index (χ2n) is 5.32. The minimum Gasteiger partial charge on any atom is -0.481 e. The number of urea groups is 1. The molecule has 6 heteroatoms. The van der Waals surface area contributed by atoms with Crippen molar-refractivity contribution in [3.8, 4) is 0 Å². The van der Waals surface area contributed by atoms with E-state index in [1.54, 1.807) is 0 Å². The zero-order valence-corrected chi connectivity index (χ0v) is 11.7. The Morgan fingerprint density at radius 1 is 1.26 bits per heavy atom. The van der Waals surface area contributed by atoms with Gasteiger partial charge in [0.1, 0.15) is 0 Å². The third kappa shape index (κ3) is 5.92. The van der Waals surface area contributed by atoms with Crippen LogP contribution in [-0.2, 0) is 9.53 Å². The maximum Gasteiger partial charge on any atom is 0.314 e. The highest BCUT2D eigenvalue weighted by Gasteiger charge is 2.50. The molecule has 0 radical (unpaired) electrons. The first-order valence-electron chi connectivity index (χ1n) is 6.83. The molecule has 0 spiro atoms. The van der Waals surface area contributed by atoms with Crippen molar-refractivity contribution in [2.24, 2.45) is 5.41 Å². The number of carboxylic acids is 1. The molecule has 0 unspecified atom stereocenters. The summed E-state index contributed by atoms with van der Waals surface area (Å²) in [5.41, 5.74) is -0.706. The molecule has 6 nitrogen and oxygen atoms in total. The molecule has 1 saturated carbocycles. The zero-order chi connectivity index (χ0) is 14.3. The highest BCUT2D eigenvalue weighted by atomic mass is 16.5. The molecule has 0 aromatic rings. The number of unbranched alkanes of at least 4 members (excludes halogenated alkanes) is 1. The molecule has 0 saturated heterocycles. The Kier molecular flexibility index (Phi) is 6.08. The number of carboxylic acid groups (broad SMARTS) is 1. The number of ether oxygens (including phenoxy) is 1. The van der Waals surface area contributed by atoms with Crippen molar-refractivity contribution in [3.63, 3.8) is 0 Å². The zero-order valence-electron chi connectivity index (χ0n) is 11.7. The minimum absolute atomic E-state index is 0.213. The Labute approximate surface area is 113 Å². The Bertz CT molecular complexity index is 314. The summed E-state index contributed by atoms with van der Waals surface area (Å²) >= 11 is 0. The van der Waals surface area contributed by atoms with E-state index in [-0.39, 0.29) is 18.7 Å². The predicted molar refractivity (Wildman–Crippen MR) is 71.0 cm³/mol. The van der Waals surface area contributed by atoms with Crippen molar-refractivity contribution in [2.45, 2.75) is 45.6 Å². The number of hydrogen-bond donors (Lipinski definition) is 3. The Hall–Kier alpha value is -1.30. The highest BCUT2D eigenvalue weighted by Crippen LogP contribution is 2.45. The van der Waals surface area contributed by atoms with E-state index in [0.29, 0.717) is 26.0 Å². The van der Waals surface area contributed by atoms with Crippen molar-refractivity contribution in [1.29, 1.82) is 0 Å². The summed E-state index contributed by atoms with van der Waals surface area (Å²) in [6.07, 6.45) is 3.29. The summed E-state index contributed by atoms with van der Waals surface area (Å²) in [6, 6.07) is -0.294. The number of aliphatic carboxylic acids is 1. The van der Waals surface area contributed by atoms with E-state index in [9.17, 15) is 9.59 Å². The fraction of sp³-hybridized carbons (Fsp3) is 0.846. The molecule has 0 aromatic heterocycles. The Morgan fingerprint density at radius 3 is 2.47 bits per heavy atom. The standard InChI is InChI=1S/C13H24N2O4/c1-10(2)19-8-4-3-7-14-12(18)15-9-13(5-6-13)11(16)17/h10H,3-9H2,1-2H3,(H,16,17)(H2,14,15,18). The van der Waals surface area contributed by atoms with E-state index in [0.717, 1.165) is 12.8 Å². The summed E-state index contributed by atoms with van der Waals surface area (Å²) in [5.74, 6) is -0.821. The van der Waals surface area contributed by atoms with Crippen LogP contribution in [0.2, 0.25) is 0 Å². The van der Waals surface area contributed by atoms with Crippen LogP contribution in [-0.4, -0.2) is 42.9 Å². The first-order chi connectivity index (χ1) is 8.96. The van der Waals surface area contributed by atoms with E-state index >= 15 is 0 Å². The molecule has 0 heterocycles. The quantitative estimate of drug-likeness (QED) is 0.553. The van der Waals surface area contributed by atoms with Crippen molar-refractivity contribution in [3.05, 3.63) is 0 Å². The first-order valence-corrected chi connectivity index (χ1v) is 6.83. The molecule has 1 fully saturated rings. The molecule has 2 amide bonds. The fourth-order valence-electron chi connectivity index (χ4n) is 1.68. The number of carbonyl (C=O) groups is 2. The van der Waals surface area contributed by atoms with Gasteiger partial charge in [0.15, 0.2) is 0 Å². The van der Waals surface area contributed by atoms with Crippen LogP contribution in [0, 0.1) is 5.41 Å². The van der Waals surface area contributed by atoms with Crippen LogP contribution in [0.4, 0.5) is 4.79 Å². The molecule has 0 bridgehead atoms. The van der Waals surface area contributed by atoms with Crippen LogP contribution < -0.4 is 10.6 Å². The van der Waals surface area contributed by atoms with E-state index < -0.39 is 11.4 Å². The van der Waals surface area contributed by atoms with Crippen molar-refractivity contribution in [1.82, 2.24) is 10.6 Å². The van der Waals surface area contributed by atoms with Gasteiger partial charge < -0.3 is 20.5 Å². The van der Waals surface area contributed by atoms with Crippen LogP contribution in [0.3, 0.4) is 0 Å². The summed E-state index contributed by atoms with van der Waals surface area (Å²) in [6.45, 7) is 5.46. The van der Waals surface area contributed by atoms with Gasteiger partial charge in [-0.05, 0) is 39.5 Å². The molecule has 110 valence electrons. The highest BCUT2D eigenvalue weighted by molar-refractivity contribution is 5.80. The lowest BCUT2D eigenvalue weighted by Gasteiger charge is -2.12. The average Bonchev–Trinajstić information content (AvgIpc) is 3.12. The molecular formula is C13H24N2O4. The first kappa shape index (κ1) is 15.8. The molecular weight excluding hydrogens is 248 g/mol. The summed E-state index contributed by atoms with van der Waals surface area (Å²) in [5, 5.41) is 14.3. The SMILES string of the molecule is CC(C)OCCCCNC(=O)NCC1(C(=O)O)CC1. The van der Waals surface area contributed by atoms with Crippen LogP contribution >= 0.6 is 0 Å². The van der Waals surface area contributed by atoms with Crippen LogP contribution in [0.5, 0.6) is 0 Å². The van der Waals surface area contributed by atoms with Gasteiger partial charge in [-0.25, -0.2) is 4.79 Å². The third-order valence-electron chi connectivity index (χ3n) is 3.20. The van der Waals surface area contributed by atoms with Gasteiger partial charge in [0, 0.05) is 19.7 Å². The molecule has 0 aliphatic heterocycles.